The molecule has 0 aliphatic rings. The summed E-state index contributed by atoms with van der Waals surface area (Å²) in [6.45, 7) is 5.02. The molecule has 0 bridgehead atoms. The second-order valence-electron chi connectivity index (χ2n) is 5.25. The molecule has 2 aromatic carbocycles. The third kappa shape index (κ3) is 4.05. The Morgan fingerprint density at radius 1 is 1.19 bits per heavy atom. The highest BCUT2D eigenvalue weighted by Gasteiger charge is 2.09. The van der Waals surface area contributed by atoms with E-state index >= 15 is 0 Å². The Balaban J connectivity index is 1.91. The van der Waals surface area contributed by atoms with E-state index in [4.69, 9.17) is 4.74 Å². The summed E-state index contributed by atoms with van der Waals surface area (Å²) in [7, 11) is 1.47. The highest BCUT2D eigenvalue weighted by atomic mass is 19.1. The average Bonchev–Trinajstić information content (AvgIpc) is 2.49. The van der Waals surface area contributed by atoms with Gasteiger partial charge in [-0.3, -0.25) is 0 Å². The van der Waals surface area contributed by atoms with Crippen LogP contribution in [-0.2, 0) is 6.42 Å². The molecular formula is C18H22FNO. The lowest BCUT2D eigenvalue weighted by Crippen LogP contribution is -2.21. The van der Waals surface area contributed by atoms with E-state index < -0.39 is 0 Å². The van der Waals surface area contributed by atoms with Crippen LogP contribution in [0, 0.1) is 12.7 Å². The van der Waals surface area contributed by atoms with Gasteiger partial charge in [0.2, 0.25) is 0 Å². The smallest absolute Gasteiger partial charge is 0.165 e. The summed E-state index contributed by atoms with van der Waals surface area (Å²) in [4.78, 5) is 0. The molecule has 0 aliphatic carbocycles. The molecule has 0 aliphatic heterocycles. The van der Waals surface area contributed by atoms with Crippen molar-refractivity contribution < 1.29 is 9.13 Å². The van der Waals surface area contributed by atoms with Crippen LogP contribution in [0.5, 0.6) is 5.75 Å². The number of ether oxygens (including phenoxy) is 1. The van der Waals surface area contributed by atoms with E-state index in [0.29, 0.717) is 0 Å². The van der Waals surface area contributed by atoms with Gasteiger partial charge in [0.25, 0.3) is 0 Å². The first-order valence-electron chi connectivity index (χ1n) is 7.23. The maximum atomic E-state index is 13.7. The SMILES string of the molecule is COc1ccc(C(C)NCCc2ccccc2C)cc1F. The first-order valence-corrected chi connectivity index (χ1v) is 7.23. The zero-order chi connectivity index (χ0) is 15.2. The minimum absolute atomic E-state index is 0.106. The van der Waals surface area contributed by atoms with Crippen LogP contribution in [0.15, 0.2) is 42.5 Å². The molecule has 21 heavy (non-hydrogen) atoms. The van der Waals surface area contributed by atoms with Crippen molar-refractivity contribution in [3.63, 3.8) is 0 Å². The van der Waals surface area contributed by atoms with E-state index in [1.807, 2.05) is 13.0 Å². The monoisotopic (exact) mass is 287 g/mol. The highest BCUT2D eigenvalue weighted by Crippen LogP contribution is 2.21. The number of methoxy groups -OCH3 is 1. The Morgan fingerprint density at radius 3 is 2.62 bits per heavy atom. The van der Waals surface area contributed by atoms with Crippen molar-refractivity contribution in [2.24, 2.45) is 0 Å². The van der Waals surface area contributed by atoms with Crippen molar-refractivity contribution in [1.82, 2.24) is 5.32 Å². The van der Waals surface area contributed by atoms with Gasteiger partial charge < -0.3 is 10.1 Å². The van der Waals surface area contributed by atoms with Crippen molar-refractivity contribution in [3.8, 4) is 5.75 Å². The molecule has 0 aromatic heterocycles. The lowest BCUT2D eigenvalue weighted by molar-refractivity contribution is 0.385. The van der Waals surface area contributed by atoms with Crippen molar-refractivity contribution in [1.29, 1.82) is 0 Å². The molecule has 2 aromatic rings. The average molecular weight is 287 g/mol. The third-order valence-corrected chi connectivity index (χ3v) is 3.78. The lowest BCUT2D eigenvalue weighted by atomic mass is 10.0. The van der Waals surface area contributed by atoms with Gasteiger partial charge in [-0.25, -0.2) is 4.39 Å². The van der Waals surface area contributed by atoms with Gasteiger partial charge in [0.15, 0.2) is 11.6 Å². The molecular weight excluding hydrogens is 265 g/mol. The summed E-state index contributed by atoms with van der Waals surface area (Å²) >= 11 is 0. The molecule has 2 nitrogen and oxygen atoms in total. The first kappa shape index (κ1) is 15.5. The van der Waals surface area contributed by atoms with Gasteiger partial charge in [-0.1, -0.05) is 30.3 Å². The molecule has 1 N–H and O–H groups in total. The fourth-order valence-electron chi connectivity index (χ4n) is 2.38. The fourth-order valence-corrected chi connectivity index (χ4v) is 2.38. The van der Waals surface area contributed by atoms with Crippen LogP contribution < -0.4 is 10.1 Å². The van der Waals surface area contributed by atoms with Gasteiger partial charge in [-0.05, 0) is 55.6 Å². The lowest BCUT2D eigenvalue weighted by Gasteiger charge is -2.15. The van der Waals surface area contributed by atoms with Crippen LogP contribution in [0.1, 0.15) is 29.7 Å². The predicted octanol–water partition coefficient (Wildman–Crippen LogP) is 4.04. The zero-order valence-corrected chi connectivity index (χ0v) is 12.8. The number of halogens is 1. The van der Waals surface area contributed by atoms with Gasteiger partial charge in [0.1, 0.15) is 0 Å². The predicted molar refractivity (Wildman–Crippen MR) is 84.3 cm³/mol. The van der Waals surface area contributed by atoms with Crippen LogP contribution in [0.4, 0.5) is 4.39 Å². The minimum Gasteiger partial charge on any atom is -0.494 e. The molecule has 0 heterocycles. The van der Waals surface area contributed by atoms with Crippen LogP contribution in [0.2, 0.25) is 0 Å². The molecule has 0 saturated carbocycles. The van der Waals surface area contributed by atoms with E-state index in [9.17, 15) is 4.39 Å². The Labute approximate surface area is 126 Å². The van der Waals surface area contributed by atoms with Crippen LogP contribution in [-0.4, -0.2) is 13.7 Å². The summed E-state index contributed by atoms with van der Waals surface area (Å²) in [6.07, 6.45) is 0.968. The molecule has 1 unspecified atom stereocenters. The molecule has 2 rings (SSSR count). The van der Waals surface area contributed by atoms with Gasteiger partial charge in [-0.15, -0.1) is 0 Å². The van der Waals surface area contributed by atoms with E-state index in [-0.39, 0.29) is 17.6 Å². The normalized spacial score (nSPS) is 12.2. The van der Waals surface area contributed by atoms with Gasteiger partial charge in [-0.2, -0.15) is 0 Å². The van der Waals surface area contributed by atoms with Crippen molar-refractivity contribution >= 4 is 0 Å². The summed E-state index contributed by atoms with van der Waals surface area (Å²) in [5, 5.41) is 3.43. The summed E-state index contributed by atoms with van der Waals surface area (Å²) in [5.74, 6) is -0.0339. The number of benzene rings is 2. The van der Waals surface area contributed by atoms with E-state index in [2.05, 4.69) is 36.5 Å². The standard InChI is InChI=1S/C18H22FNO/c1-13-6-4-5-7-15(13)10-11-20-14(2)16-8-9-18(21-3)17(19)12-16/h4-9,12,14,20H,10-11H2,1-3H3. The second kappa shape index (κ2) is 7.23. The molecule has 0 spiro atoms. The van der Waals surface area contributed by atoms with Gasteiger partial charge >= 0.3 is 0 Å². The fraction of sp³-hybridized carbons (Fsp3) is 0.333. The van der Waals surface area contributed by atoms with Crippen molar-refractivity contribution in [2.75, 3.05) is 13.7 Å². The summed E-state index contributed by atoms with van der Waals surface area (Å²) < 4.78 is 18.6. The van der Waals surface area contributed by atoms with Gasteiger partial charge in [0, 0.05) is 6.04 Å². The third-order valence-electron chi connectivity index (χ3n) is 3.78. The summed E-state index contributed by atoms with van der Waals surface area (Å²) in [6, 6.07) is 13.6. The second-order valence-corrected chi connectivity index (χ2v) is 5.25. The Bertz CT molecular complexity index is 598. The number of aryl methyl sites for hydroxylation is 1. The molecule has 0 amide bonds. The zero-order valence-electron chi connectivity index (χ0n) is 12.8. The highest BCUT2D eigenvalue weighted by molar-refractivity contribution is 5.31. The Hall–Kier alpha value is -1.87. The quantitative estimate of drug-likeness (QED) is 0.866. The molecule has 112 valence electrons. The van der Waals surface area contributed by atoms with Crippen molar-refractivity contribution in [3.05, 3.63) is 65.0 Å². The Morgan fingerprint density at radius 2 is 1.95 bits per heavy atom. The maximum Gasteiger partial charge on any atom is 0.165 e. The summed E-state index contributed by atoms with van der Waals surface area (Å²) in [5.41, 5.74) is 3.58. The van der Waals surface area contributed by atoms with E-state index in [0.717, 1.165) is 18.5 Å². The molecule has 1 atom stereocenters. The number of hydrogen-bond acceptors (Lipinski definition) is 2. The number of nitrogens with one attached hydrogen (secondary N) is 1. The minimum atomic E-state index is -0.317. The van der Waals surface area contributed by atoms with E-state index in [1.165, 1.54) is 24.3 Å². The topological polar surface area (TPSA) is 21.3 Å². The number of rotatable bonds is 6. The first-order chi connectivity index (χ1) is 10.1. The van der Waals surface area contributed by atoms with E-state index in [1.54, 1.807) is 6.07 Å². The van der Waals surface area contributed by atoms with Gasteiger partial charge in [0.05, 0.1) is 7.11 Å². The van der Waals surface area contributed by atoms with Crippen LogP contribution >= 0.6 is 0 Å². The largest absolute Gasteiger partial charge is 0.494 e. The molecule has 3 heteroatoms. The molecule has 0 saturated heterocycles. The maximum absolute atomic E-state index is 13.7. The number of hydrogen-bond donors (Lipinski definition) is 1. The Kier molecular flexibility index (Phi) is 5.34. The van der Waals surface area contributed by atoms with Crippen molar-refractivity contribution in [2.45, 2.75) is 26.3 Å². The van der Waals surface area contributed by atoms with Crippen LogP contribution in [0.3, 0.4) is 0 Å². The molecule has 0 radical (unpaired) electrons. The molecule has 0 fully saturated rings. The van der Waals surface area contributed by atoms with Crippen LogP contribution in [0.25, 0.3) is 0 Å².